The maximum atomic E-state index is 5.29. The van der Waals surface area contributed by atoms with Crippen LogP contribution in [0.2, 0.25) is 0 Å². The minimum Gasteiger partial charge on any atom is -0.309 e. The second kappa shape index (κ2) is 11.3. The second-order valence-corrected chi connectivity index (χ2v) is 13.0. The number of rotatable bonds is 5. The molecule has 0 unspecified atom stereocenters. The Hall–Kier alpha value is -6.58. The maximum Gasteiger partial charge on any atom is 0.0730 e. The number of fused-ring (bicyclic) bond motifs is 6. The van der Waals surface area contributed by atoms with Crippen LogP contribution in [0.1, 0.15) is 22.3 Å². The number of pyridine rings is 2. The van der Waals surface area contributed by atoms with Gasteiger partial charge in [-0.15, -0.1) is 0 Å². The quantitative estimate of drug-likeness (QED) is 0.188. The van der Waals surface area contributed by atoms with E-state index in [1.54, 1.807) is 0 Å². The third-order valence-corrected chi connectivity index (χ3v) is 10.4. The number of benzene rings is 6. The van der Waals surface area contributed by atoms with Crippen LogP contribution in [-0.4, -0.2) is 14.5 Å². The third-order valence-electron chi connectivity index (χ3n) is 10.4. The van der Waals surface area contributed by atoms with Gasteiger partial charge in [0.2, 0.25) is 0 Å². The monoisotopic (exact) mass is 637 g/mol. The van der Waals surface area contributed by atoms with Crippen LogP contribution < -0.4 is 0 Å². The zero-order valence-electron chi connectivity index (χ0n) is 27.2. The molecule has 0 aliphatic heterocycles. The topological polar surface area (TPSA) is 30.7 Å². The molecule has 3 aromatic heterocycles. The zero-order chi connectivity index (χ0) is 33.1. The van der Waals surface area contributed by atoms with E-state index < -0.39 is 5.41 Å². The van der Waals surface area contributed by atoms with Gasteiger partial charge < -0.3 is 4.57 Å². The van der Waals surface area contributed by atoms with Crippen LogP contribution in [-0.2, 0) is 5.41 Å². The molecule has 3 heterocycles. The van der Waals surface area contributed by atoms with E-state index in [2.05, 4.69) is 185 Å². The van der Waals surface area contributed by atoms with Crippen LogP contribution in [0.5, 0.6) is 0 Å². The zero-order valence-corrected chi connectivity index (χ0v) is 27.2. The molecule has 1 aliphatic carbocycles. The highest BCUT2D eigenvalue weighted by Gasteiger charge is 2.45. The van der Waals surface area contributed by atoms with E-state index in [1.165, 1.54) is 38.8 Å². The summed E-state index contributed by atoms with van der Waals surface area (Å²) in [4.78, 5) is 9.76. The molecule has 9 aromatic rings. The average molecular weight is 638 g/mol. The molecule has 0 radical (unpaired) electrons. The van der Waals surface area contributed by atoms with Crippen molar-refractivity contribution in [3.63, 3.8) is 0 Å². The van der Waals surface area contributed by atoms with Gasteiger partial charge >= 0.3 is 0 Å². The van der Waals surface area contributed by atoms with Crippen LogP contribution in [0.4, 0.5) is 0 Å². The minimum absolute atomic E-state index is 0.436. The maximum absolute atomic E-state index is 5.29. The van der Waals surface area contributed by atoms with Crippen molar-refractivity contribution in [3.8, 4) is 39.3 Å². The minimum atomic E-state index is -0.436. The summed E-state index contributed by atoms with van der Waals surface area (Å²) in [6.45, 7) is 0. The molecule has 0 amide bonds. The van der Waals surface area contributed by atoms with E-state index in [1.807, 2.05) is 12.4 Å². The van der Waals surface area contributed by atoms with Gasteiger partial charge in [0.05, 0.1) is 33.5 Å². The first kappa shape index (κ1) is 28.4. The van der Waals surface area contributed by atoms with E-state index >= 15 is 0 Å². The number of nitrogens with zero attached hydrogens (tertiary/aromatic N) is 3. The fourth-order valence-corrected chi connectivity index (χ4v) is 8.25. The second-order valence-electron chi connectivity index (χ2n) is 13.0. The van der Waals surface area contributed by atoms with Gasteiger partial charge in [-0.2, -0.15) is 0 Å². The van der Waals surface area contributed by atoms with E-state index in [0.717, 1.165) is 44.6 Å². The molecular weight excluding hydrogens is 607 g/mol. The van der Waals surface area contributed by atoms with Crippen molar-refractivity contribution < 1.29 is 0 Å². The van der Waals surface area contributed by atoms with Crippen molar-refractivity contribution in [1.29, 1.82) is 0 Å². The molecule has 0 spiro atoms. The van der Waals surface area contributed by atoms with Crippen molar-refractivity contribution in [3.05, 3.63) is 211 Å². The van der Waals surface area contributed by atoms with E-state index in [9.17, 15) is 0 Å². The lowest BCUT2D eigenvalue weighted by Crippen LogP contribution is -2.28. The Kier molecular flexibility index (Phi) is 6.40. The SMILES string of the molecule is c1ccc(-c2cc(-n3c4ccccc4c4cnccc43)cc(-c3ccc(C4(c5ccccc5)c5ccccc5-c5ccccc54)cc3)n2)cc1. The van der Waals surface area contributed by atoms with Crippen LogP contribution in [0.3, 0.4) is 0 Å². The Morgan fingerprint density at radius 3 is 1.68 bits per heavy atom. The predicted molar refractivity (Wildman–Crippen MR) is 205 cm³/mol. The molecular formula is C47H31N3. The van der Waals surface area contributed by atoms with Crippen molar-refractivity contribution >= 4 is 21.8 Å². The lowest BCUT2D eigenvalue weighted by Gasteiger charge is -2.34. The normalized spacial score (nSPS) is 13.0. The highest BCUT2D eigenvalue weighted by atomic mass is 15.0. The Bertz CT molecular complexity index is 2590. The first-order chi connectivity index (χ1) is 24.8. The Labute approximate surface area is 290 Å². The van der Waals surface area contributed by atoms with Gasteiger partial charge in [-0.3, -0.25) is 4.98 Å². The predicted octanol–water partition coefficient (Wildman–Crippen LogP) is 11.3. The van der Waals surface area contributed by atoms with Gasteiger partial charge in [0, 0.05) is 34.3 Å². The first-order valence-electron chi connectivity index (χ1n) is 17.1. The molecule has 3 nitrogen and oxygen atoms in total. The molecule has 0 N–H and O–H groups in total. The smallest absolute Gasteiger partial charge is 0.0730 e. The fraction of sp³-hybridized carbons (Fsp3) is 0.0213. The highest BCUT2D eigenvalue weighted by Crippen LogP contribution is 2.56. The first-order valence-corrected chi connectivity index (χ1v) is 17.1. The van der Waals surface area contributed by atoms with Gasteiger partial charge in [-0.1, -0.05) is 152 Å². The van der Waals surface area contributed by atoms with Crippen molar-refractivity contribution in [2.45, 2.75) is 5.41 Å². The third kappa shape index (κ3) is 4.17. The molecule has 0 saturated carbocycles. The molecule has 10 rings (SSSR count). The summed E-state index contributed by atoms with van der Waals surface area (Å²) in [5.41, 5.74) is 14.6. The number of hydrogen-bond acceptors (Lipinski definition) is 2. The van der Waals surface area contributed by atoms with Gasteiger partial charge in [-0.05, 0) is 57.6 Å². The lowest BCUT2D eigenvalue weighted by molar-refractivity contribution is 0.768. The van der Waals surface area contributed by atoms with Gasteiger partial charge in [0.1, 0.15) is 0 Å². The summed E-state index contributed by atoms with van der Waals surface area (Å²) in [6, 6.07) is 63.4. The molecule has 1 aliphatic rings. The molecule has 0 atom stereocenters. The van der Waals surface area contributed by atoms with Gasteiger partial charge in [0.15, 0.2) is 0 Å². The summed E-state index contributed by atoms with van der Waals surface area (Å²) in [5.74, 6) is 0. The van der Waals surface area contributed by atoms with Crippen LogP contribution in [0.25, 0.3) is 61.1 Å². The molecule has 0 saturated heterocycles. The number of para-hydroxylation sites is 1. The van der Waals surface area contributed by atoms with Crippen molar-refractivity contribution in [1.82, 2.24) is 14.5 Å². The van der Waals surface area contributed by atoms with Crippen LogP contribution >= 0.6 is 0 Å². The average Bonchev–Trinajstić information content (AvgIpc) is 3.70. The molecule has 0 fully saturated rings. The summed E-state index contributed by atoms with van der Waals surface area (Å²) in [5, 5.41) is 2.32. The van der Waals surface area contributed by atoms with E-state index in [-0.39, 0.29) is 0 Å². The molecule has 3 heteroatoms. The van der Waals surface area contributed by atoms with E-state index in [4.69, 9.17) is 4.98 Å². The van der Waals surface area contributed by atoms with Gasteiger partial charge in [0.25, 0.3) is 0 Å². The van der Waals surface area contributed by atoms with E-state index in [0.29, 0.717) is 0 Å². The molecule has 6 aromatic carbocycles. The molecule has 50 heavy (non-hydrogen) atoms. The number of hydrogen-bond donors (Lipinski definition) is 0. The Morgan fingerprint density at radius 1 is 0.440 bits per heavy atom. The highest BCUT2D eigenvalue weighted by molar-refractivity contribution is 6.09. The van der Waals surface area contributed by atoms with Crippen molar-refractivity contribution in [2.75, 3.05) is 0 Å². The molecule has 234 valence electrons. The Balaban J connectivity index is 1.19. The van der Waals surface area contributed by atoms with Gasteiger partial charge in [-0.25, -0.2) is 4.98 Å². The Morgan fingerprint density at radius 2 is 0.980 bits per heavy atom. The standard InChI is InChI=1S/C47H31N3/c1-3-13-32(14-4-1)43-29-36(50-45-22-12-9-19-39(45)40-31-48-28-27-46(40)50)30-44(49-43)33-23-25-35(26-24-33)47(34-15-5-2-6-16-34)41-20-10-7-17-37(41)38-18-8-11-21-42(38)47/h1-31H. The lowest BCUT2D eigenvalue weighted by atomic mass is 9.67. The summed E-state index contributed by atoms with van der Waals surface area (Å²) >= 11 is 0. The fourth-order valence-electron chi connectivity index (χ4n) is 8.25. The number of aromatic nitrogens is 3. The molecule has 0 bridgehead atoms. The summed E-state index contributed by atoms with van der Waals surface area (Å²) in [6.07, 6.45) is 3.84. The largest absolute Gasteiger partial charge is 0.309 e. The summed E-state index contributed by atoms with van der Waals surface area (Å²) in [7, 11) is 0. The summed E-state index contributed by atoms with van der Waals surface area (Å²) < 4.78 is 2.34. The van der Waals surface area contributed by atoms with Crippen molar-refractivity contribution in [2.24, 2.45) is 0 Å². The van der Waals surface area contributed by atoms with Crippen LogP contribution in [0.15, 0.2) is 188 Å². The van der Waals surface area contributed by atoms with Crippen LogP contribution in [0, 0.1) is 0 Å².